The quantitative estimate of drug-likeness (QED) is 0.404. The van der Waals surface area contributed by atoms with E-state index in [0.29, 0.717) is 10.1 Å². The van der Waals surface area contributed by atoms with Crippen LogP contribution in [0.2, 0.25) is 0 Å². The van der Waals surface area contributed by atoms with Crippen molar-refractivity contribution in [3.63, 3.8) is 0 Å². The first-order chi connectivity index (χ1) is 14.6. The fourth-order valence-electron chi connectivity index (χ4n) is 5.65. The molecule has 0 N–H and O–H groups in total. The summed E-state index contributed by atoms with van der Waals surface area (Å²) in [5, 5.41) is 1.01. The summed E-state index contributed by atoms with van der Waals surface area (Å²) in [5.74, 6) is 3.51. The van der Waals surface area contributed by atoms with Gasteiger partial charge in [0.25, 0.3) is 0 Å². The van der Waals surface area contributed by atoms with Crippen LogP contribution in [0.5, 0.6) is 0 Å². The predicted octanol–water partition coefficient (Wildman–Crippen LogP) is 8.64. The summed E-state index contributed by atoms with van der Waals surface area (Å²) in [4.78, 5) is 0. The fourth-order valence-corrected chi connectivity index (χ4v) is 9.30. The zero-order chi connectivity index (χ0) is 22.3. The highest BCUT2D eigenvalue weighted by atomic mass is 35.5. The number of rotatable bonds is 5. The molecule has 2 aromatic carbocycles. The second kappa shape index (κ2) is 8.56. The predicted molar refractivity (Wildman–Crippen MR) is 134 cm³/mol. The first-order valence-electron chi connectivity index (χ1n) is 10.8. The molecule has 2 aromatic rings. The molecule has 2 atom stereocenters. The van der Waals surface area contributed by atoms with Gasteiger partial charge in [-0.2, -0.15) is 0 Å². The van der Waals surface area contributed by atoms with E-state index in [1.165, 1.54) is 0 Å². The van der Waals surface area contributed by atoms with E-state index in [9.17, 15) is 4.57 Å². The van der Waals surface area contributed by atoms with Gasteiger partial charge in [0.1, 0.15) is 0 Å². The lowest BCUT2D eigenvalue weighted by Gasteiger charge is -2.40. The van der Waals surface area contributed by atoms with Crippen LogP contribution in [0.15, 0.2) is 72.3 Å². The Morgan fingerprint density at radius 2 is 1.39 bits per heavy atom. The van der Waals surface area contributed by atoms with Crippen molar-refractivity contribution < 1.29 is 4.57 Å². The molecule has 31 heavy (non-hydrogen) atoms. The molecule has 1 aliphatic carbocycles. The van der Waals surface area contributed by atoms with Crippen LogP contribution < -0.4 is 0 Å². The van der Waals surface area contributed by atoms with Crippen LogP contribution in [0.3, 0.4) is 0 Å². The summed E-state index contributed by atoms with van der Waals surface area (Å²) in [7, 11) is -3.13. The lowest BCUT2D eigenvalue weighted by Crippen LogP contribution is -2.33. The molecular weight excluding hydrogens is 444 g/mol. The third kappa shape index (κ3) is 5.04. The van der Waals surface area contributed by atoms with E-state index >= 15 is 0 Å². The van der Waals surface area contributed by atoms with Gasteiger partial charge in [-0.25, -0.2) is 4.67 Å². The van der Waals surface area contributed by atoms with Gasteiger partial charge in [0.15, 0.2) is 7.29 Å². The average molecular weight is 474 g/mol. The second-order valence-corrected chi connectivity index (χ2v) is 13.4. The van der Waals surface area contributed by atoms with Gasteiger partial charge < -0.3 is 0 Å². The minimum Gasteiger partial charge on any atom is -0.297 e. The van der Waals surface area contributed by atoms with Crippen LogP contribution in [0.25, 0.3) is 10.1 Å². The van der Waals surface area contributed by atoms with Crippen molar-refractivity contribution >= 4 is 40.6 Å². The summed E-state index contributed by atoms with van der Waals surface area (Å²) in [6.45, 7) is 7.77. The monoisotopic (exact) mass is 473 g/mol. The maximum atomic E-state index is 14.7. The van der Waals surface area contributed by atoms with Crippen molar-refractivity contribution in [2.45, 2.75) is 46.1 Å². The first-order valence-corrected chi connectivity index (χ1v) is 13.4. The summed E-state index contributed by atoms with van der Waals surface area (Å²) in [5.41, 5.74) is 2.11. The maximum absolute atomic E-state index is 14.7. The Labute approximate surface area is 196 Å². The van der Waals surface area contributed by atoms with E-state index in [1.807, 2.05) is 60.7 Å². The Bertz CT molecular complexity index is 988. The molecule has 1 aliphatic heterocycles. The zero-order valence-corrected chi connectivity index (χ0v) is 20.8. The number of fused-ring (bicyclic) bond motifs is 2. The van der Waals surface area contributed by atoms with Crippen molar-refractivity contribution in [3.8, 4) is 0 Å². The first kappa shape index (κ1) is 22.9. The van der Waals surface area contributed by atoms with Gasteiger partial charge in [0.05, 0.1) is 10.1 Å². The highest BCUT2D eigenvalue weighted by Crippen LogP contribution is 2.65. The molecular formula is C26H30Cl2NOP. The lowest BCUT2D eigenvalue weighted by atomic mass is 9.65. The van der Waals surface area contributed by atoms with Crippen LogP contribution in [0.1, 0.15) is 51.2 Å². The van der Waals surface area contributed by atoms with Crippen LogP contribution in [-0.2, 0) is 4.57 Å². The highest BCUT2D eigenvalue weighted by molar-refractivity contribution is 7.68. The summed E-state index contributed by atoms with van der Waals surface area (Å²) in [6.07, 6.45) is 3.23. The van der Waals surface area contributed by atoms with Gasteiger partial charge in [-0.1, -0.05) is 105 Å². The zero-order valence-electron chi connectivity index (χ0n) is 18.4. The molecule has 2 nitrogen and oxygen atoms in total. The summed E-state index contributed by atoms with van der Waals surface area (Å²) in [6, 6.07) is 19.7. The molecule has 0 spiro atoms. The molecule has 1 saturated carbocycles. The minimum atomic E-state index is -3.13. The highest BCUT2D eigenvalue weighted by Gasteiger charge is 2.53. The standard InChI is InChI=1S/C26H30Cl2NOP/c1-25(2)14-22-15-26(3,18-25)19-29(22)31(30,16-23(27)20-10-6-4-7-11-20)17-24(28)21-12-8-5-9-13-21/h4-13,16-17,22H,14-15,18-19H2,1-3H3/b23-16-,24-17-/t22-,26-/m1/s1. The van der Waals surface area contributed by atoms with E-state index in [-0.39, 0.29) is 16.9 Å². The topological polar surface area (TPSA) is 20.3 Å². The number of benzene rings is 2. The molecule has 2 fully saturated rings. The van der Waals surface area contributed by atoms with Gasteiger partial charge in [-0.05, 0) is 41.2 Å². The Kier molecular flexibility index (Phi) is 6.32. The molecule has 0 unspecified atom stereocenters. The summed E-state index contributed by atoms with van der Waals surface area (Å²) < 4.78 is 16.9. The van der Waals surface area contributed by atoms with Crippen LogP contribution in [0.4, 0.5) is 0 Å². The van der Waals surface area contributed by atoms with Crippen molar-refractivity contribution in [2.24, 2.45) is 10.8 Å². The van der Waals surface area contributed by atoms with Crippen LogP contribution >= 0.6 is 30.5 Å². The number of hydrogen-bond donors (Lipinski definition) is 0. The van der Waals surface area contributed by atoms with E-state index in [4.69, 9.17) is 23.2 Å². The molecule has 0 amide bonds. The Morgan fingerprint density at radius 1 is 0.903 bits per heavy atom. The number of nitrogens with zero attached hydrogens (tertiary/aromatic N) is 1. The molecule has 1 saturated heterocycles. The van der Waals surface area contributed by atoms with Crippen molar-refractivity contribution in [2.75, 3.05) is 6.54 Å². The summed E-state index contributed by atoms with van der Waals surface area (Å²) >= 11 is 13.4. The second-order valence-electron chi connectivity index (χ2n) is 10.2. The van der Waals surface area contributed by atoms with E-state index < -0.39 is 7.29 Å². The van der Waals surface area contributed by atoms with E-state index in [2.05, 4.69) is 25.4 Å². The smallest absolute Gasteiger partial charge is 0.196 e. The van der Waals surface area contributed by atoms with E-state index in [1.54, 1.807) is 11.6 Å². The number of halogens is 2. The van der Waals surface area contributed by atoms with Crippen molar-refractivity contribution in [3.05, 3.63) is 83.4 Å². The van der Waals surface area contributed by atoms with Gasteiger partial charge in [0, 0.05) is 24.2 Å². The number of hydrogen-bond acceptors (Lipinski definition) is 1. The van der Waals surface area contributed by atoms with Gasteiger partial charge >= 0.3 is 0 Å². The Morgan fingerprint density at radius 3 is 1.87 bits per heavy atom. The van der Waals surface area contributed by atoms with E-state index in [0.717, 1.165) is 36.9 Å². The largest absolute Gasteiger partial charge is 0.297 e. The molecule has 2 bridgehead atoms. The van der Waals surface area contributed by atoms with Gasteiger partial charge in [-0.3, -0.25) is 4.57 Å². The normalized spacial score (nSPS) is 26.8. The SMILES string of the molecule is CC1(C)C[C@@H]2C[C@@](C)(CN2P(=O)(/C=C(\Cl)c2ccccc2)/C=C(\Cl)c2ccccc2)C1. The third-order valence-corrected chi connectivity index (χ3v) is 9.97. The maximum Gasteiger partial charge on any atom is 0.196 e. The average Bonchev–Trinajstić information content (AvgIpc) is 2.98. The van der Waals surface area contributed by atoms with Gasteiger partial charge in [-0.15, -0.1) is 0 Å². The minimum absolute atomic E-state index is 0.155. The third-order valence-electron chi connectivity index (χ3n) is 6.48. The fraction of sp³-hybridized carbons (Fsp3) is 0.385. The molecule has 164 valence electrons. The molecule has 1 heterocycles. The van der Waals surface area contributed by atoms with Gasteiger partial charge in [0.2, 0.25) is 0 Å². The van der Waals surface area contributed by atoms with Crippen molar-refractivity contribution in [1.29, 1.82) is 0 Å². The lowest BCUT2D eigenvalue weighted by molar-refractivity contribution is 0.133. The Balaban J connectivity index is 1.79. The molecule has 0 radical (unpaired) electrons. The van der Waals surface area contributed by atoms with Crippen LogP contribution in [-0.4, -0.2) is 17.3 Å². The molecule has 5 heteroatoms. The van der Waals surface area contributed by atoms with Crippen molar-refractivity contribution in [1.82, 2.24) is 4.67 Å². The molecule has 4 rings (SSSR count). The van der Waals surface area contributed by atoms with Crippen LogP contribution in [0, 0.1) is 10.8 Å². The Hall–Kier alpha value is -1.31. The molecule has 0 aromatic heterocycles. The molecule has 2 aliphatic rings.